The van der Waals surface area contributed by atoms with Crippen LogP contribution in [0.2, 0.25) is 0 Å². The second-order valence-electron chi connectivity index (χ2n) is 6.97. The fourth-order valence-corrected chi connectivity index (χ4v) is 2.99. The van der Waals surface area contributed by atoms with Crippen LogP contribution >= 0.6 is 0 Å². The van der Waals surface area contributed by atoms with Crippen LogP contribution in [-0.2, 0) is 9.53 Å². The van der Waals surface area contributed by atoms with Gasteiger partial charge in [-0.3, -0.25) is 0 Å². The van der Waals surface area contributed by atoms with Crippen LogP contribution in [0.15, 0.2) is 73.3 Å². The molecule has 6 heteroatoms. The van der Waals surface area contributed by atoms with Crippen LogP contribution in [0, 0.1) is 25.2 Å². The summed E-state index contributed by atoms with van der Waals surface area (Å²) in [4.78, 5) is 23.7. The van der Waals surface area contributed by atoms with E-state index in [0.717, 1.165) is 22.8 Å². The number of carbonyl (C=O) groups excluding carboxylic acids is 2. The minimum absolute atomic E-state index is 0.250. The largest absolute Gasteiger partial charge is 0.457 e. The first-order valence-corrected chi connectivity index (χ1v) is 9.77. The van der Waals surface area contributed by atoms with E-state index in [-0.39, 0.29) is 6.79 Å². The Morgan fingerprint density at radius 1 is 0.938 bits per heavy atom. The standard InChI is InChI=1S/C26H21NO5/c1-4-25(28)31-16-30-23-11-10-22(14-17(23)2)26(29)32-24-12-9-21(13-18(24)3)20-7-5-19(15-27)6-8-20/h4-14H,1,16H2,2-3H3. The molecule has 0 saturated carbocycles. The summed E-state index contributed by atoms with van der Waals surface area (Å²) in [6.07, 6.45) is 1.05. The summed E-state index contributed by atoms with van der Waals surface area (Å²) in [5, 5.41) is 8.93. The highest BCUT2D eigenvalue weighted by molar-refractivity contribution is 5.91. The molecule has 3 aromatic rings. The van der Waals surface area contributed by atoms with Crippen LogP contribution in [0.25, 0.3) is 11.1 Å². The highest BCUT2D eigenvalue weighted by atomic mass is 16.7. The zero-order chi connectivity index (χ0) is 23.1. The summed E-state index contributed by atoms with van der Waals surface area (Å²) in [7, 11) is 0. The zero-order valence-corrected chi connectivity index (χ0v) is 17.8. The molecule has 0 aliphatic heterocycles. The molecule has 0 aliphatic rings. The molecular formula is C26H21NO5. The smallest absolute Gasteiger partial charge is 0.343 e. The minimum atomic E-state index is -0.580. The van der Waals surface area contributed by atoms with Gasteiger partial charge in [0.25, 0.3) is 0 Å². The molecule has 3 rings (SSSR count). The van der Waals surface area contributed by atoms with Crippen molar-refractivity contribution in [3.63, 3.8) is 0 Å². The molecule has 0 radical (unpaired) electrons. The average Bonchev–Trinajstić information content (AvgIpc) is 2.81. The molecule has 0 heterocycles. The number of aryl methyl sites for hydroxylation is 2. The van der Waals surface area contributed by atoms with Gasteiger partial charge in [0, 0.05) is 6.08 Å². The van der Waals surface area contributed by atoms with Gasteiger partial charge in [0.05, 0.1) is 17.2 Å². The van der Waals surface area contributed by atoms with E-state index in [4.69, 9.17) is 19.5 Å². The Morgan fingerprint density at radius 3 is 2.22 bits per heavy atom. The first-order valence-electron chi connectivity index (χ1n) is 9.77. The van der Waals surface area contributed by atoms with E-state index < -0.39 is 11.9 Å². The number of carbonyl (C=O) groups is 2. The average molecular weight is 427 g/mol. The van der Waals surface area contributed by atoms with Gasteiger partial charge in [-0.15, -0.1) is 0 Å². The van der Waals surface area contributed by atoms with Crippen molar-refractivity contribution in [2.45, 2.75) is 13.8 Å². The molecule has 0 aromatic heterocycles. The maximum Gasteiger partial charge on any atom is 0.343 e. The predicted molar refractivity (Wildman–Crippen MR) is 119 cm³/mol. The molecule has 0 unspecified atom stereocenters. The van der Waals surface area contributed by atoms with E-state index in [1.807, 2.05) is 31.2 Å². The molecule has 0 spiro atoms. The van der Waals surface area contributed by atoms with E-state index in [1.54, 1.807) is 43.3 Å². The van der Waals surface area contributed by atoms with E-state index in [2.05, 4.69) is 12.6 Å². The van der Waals surface area contributed by atoms with Gasteiger partial charge in [-0.1, -0.05) is 24.8 Å². The third-order valence-electron chi connectivity index (χ3n) is 4.72. The van der Waals surface area contributed by atoms with Crippen molar-refractivity contribution in [2.75, 3.05) is 6.79 Å². The Bertz CT molecular complexity index is 1210. The highest BCUT2D eigenvalue weighted by Gasteiger charge is 2.13. The Labute approximate surface area is 186 Å². The molecule has 0 aliphatic carbocycles. The topological polar surface area (TPSA) is 85.6 Å². The Hall–Kier alpha value is -4.37. The molecule has 0 saturated heterocycles. The first-order chi connectivity index (χ1) is 15.4. The summed E-state index contributed by atoms with van der Waals surface area (Å²) >= 11 is 0. The lowest BCUT2D eigenvalue weighted by Crippen LogP contribution is -2.11. The van der Waals surface area contributed by atoms with Crippen molar-refractivity contribution in [3.8, 4) is 28.7 Å². The van der Waals surface area contributed by atoms with Gasteiger partial charge in [-0.2, -0.15) is 5.26 Å². The van der Waals surface area contributed by atoms with Crippen LogP contribution < -0.4 is 9.47 Å². The number of rotatable bonds is 7. The van der Waals surface area contributed by atoms with E-state index in [1.165, 1.54) is 0 Å². The molecular weight excluding hydrogens is 406 g/mol. The molecule has 0 N–H and O–H groups in total. The number of nitrogens with zero attached hydrogens (tertiary/aromatic N) is 1. The Balaban J connectivity index is 1.68. The molecule has 0 bridgehead atoms. The quantitative estimate of drug-likeness (QED) is 0.225. The summed E-state index contributed by atoms with van der Waals surface area (Å²) in [5.74, 6) is -0.126. The Kier molecular flexibility index (Phi) is 7.04. The monoisotopic (exact) mass is 427 g/mol. The highest BCUT2D eigenvalue weighted by Crippen LogP contribution is 2.27. The van der Waals surface area contributed by atoms with Gasteiger partial charge in [0.2, 0.25) is 6.79 Å². The van der Waals surface area contributed by atoms with Gasteiger partial charge < -0.3 is 14.2 Å². The number of hydrogen-bond acceptors (Lipinski definition) is 6. The second kappa shape index (κ2) is 10.1. The predicted octanol–water partition coefficient (Wildman–Crippen LogP) is 5.13. The molecule has 6 nitrogen and oxygen atoms in total. The van der Waals surface area contributed by atoms with Gasteiger partial charge in [-0.25, -0.2) is 9.59 Å². The molecule has 0 fully saturated rings. The van der Waals surface area contributed by atoms with E-state index in [0.29, 0.717) is 28.2 Å². The summed E-state index contributed by atoms with van der Waals surface area (Å²) < 4.78 is 15.8. The number of benzene rings is 3. The number of nitriles is 1. The number of ether oxygens (including phenoxy) is 3. The van der Waals surface area contributed by atoms with E-state index in [9.17, 15) is 9.59 Å². The van der Waals surface area contributed by atoms with Crippen molar-refractivity contribution >= 4 is 11.9 Å². The Morgan fingerprint density at radius 2 is 1.59 bits per heavy atom. The molecule has 0 amide bonds. The molecule has 32 heavy (non-hydrogen) atoms. The second-order valence-corrected chi connectivity index (χ2v) is 6.97. The SMILES string of the molecule is C=CC(=O)OCOc1ccc(C(=O)Oc2ccc(-c3ccc(C#N)cc3)cc2C)cc1C. The van der Waals surface area contributed by atoms with Gasteiger partial charge in [-0.05, 0) is 78.6 Å². The lowest BCUT2D eigenvalue weighted by atomic mass is 10.0. The van der Waals surface area contributed by atoms with Crippen molar-refractivity contribution in [3.05, 3.63) is 95.6 Å². The summed E-state index contributed by atoms with van der Waals surface area (Å²) in [6.45, 7) is 6.70. The van der Waals surface area contributed by atoms with Crippen LogP contribution in [0.1, 0.15) is 27.0 Å². The van der Waals surface area contributed by atoms with Crippen LogP contribution in [0.3, 0.4) is 0 Å². The maximum atomic E-state index is 12.6. The number of hydrogen-bond donors (Lipinski definition) is 0. The van der Waals surface area contributed by atoms with Gasteiger partial charge >= 0.3 is 11.9 Å². The summed E-state index contributed by atoms with van der Waals surface area (Å²) in [6, 6.07) is 19.8. The van der Waals surface area contributed by atoms with Crippen molar-refractivity contribution in [2.24, 2.45) is 0 Å². The lowest BCUT2D eigenvalue weighted by molar-refractivity contribution is -0.144. The normalized spacial score (nSPS) is 10.0. The first kappa shape index (κ1) is 22.3. The van der Waals surface area contributed by atoms with Crippen LogP contribution in [0.5, 0.6) is 11.5 Å². The number of esters is 2. The maximum absolute atomic E-state index is 12.6. The molecule has 3 aromatic carbocycles. The zero-order valence-electron chi connectivity index (χ0n) is 17.8. The van der Waals surface area contributed by atoms with Crippen molar-refractivity contribution in [1.82, 2.24) is 0 Å². The fourth-order valence-electron chi connectivity index (χ4n) is 2.99. The van der Waals surface area contributed by atoms with Crippen molar-refractivity contribution in [1.29, 1.82) is 5.26 Å². The third kappa shape index (κ3) is 5.41. The van der Waals surface area contributed by atoms with Crippen molar-refractivity contribution < 1.29 is 23.8 Å². The van der Waals surface area contributed by atoms with Gasteiger partial charge in [0.1, 0.15) is 11.5 Å². The van der Waals surface area contributed by atoms with Crippen LogP contribution in [0.4, 0.5) is 0 Å². The summed E-state index contributed by atoms with van der Waals surface area (Å²) in [5.41, 5.74) is 4.40. The molecule has 0 atom stereocenters. The van der Waals surface area contributed by atoms with Gasteiger partial charge in [0.15, 0.2) is 0 Å². The van der Waals surface area contributed by atoms with Crippen LogP contribution in [-0.4, -0.2) is 18.7 Å². The van der Waals surface area contributed by atoms with E-state index >= 15 is 0 Å². The fraction of sp³-hybridized carbons (Fsp3) is 0.115. The minimum Gasteiger partial charge on any atom is -0.457 e. The molecule has 160 valence electrons. The third-order valence-corrected chi connectivity index (χ3v) is 4.72. The lowest BCUT2D eigenvalue weighted by Gasteiger charge is -2.12.